The quantitative estimate of drug-likeness (QED) is 0.614. The molecule has 3 heteroatoms. The van der Waals surface area contributed by atoms with E-state index in [-0.39, 0.29) is 0 Å². The maximum atomic E-state index is 4.21. The Morgan fingerprint density at radius 3 is 2.30 bits per heavy atom. The molecule has 0 aliphatic rings. The summed E-state index contributed by atoms with van der Waals surface area (Å²) < 4.78 is 2.14. The van der Waals surface area contributed by atoms with Crippen LogP contribution in [-0.4, -0.2) is 9.55 Å². The molecule has 1 heterocycles. The minimum Gasteiger partial charge on any atom is -0.332 e. The molecule has 0 bridgehead atoms. The van der Waals surface area contributed by atoms with E-state index in [9.17, 15) is 0 Å². The molecule has 0 unspecified atom stereocenters. The zero-order valence-corrected chi connectivity index (χ0v) is 7.44. The molecule has 0 aliphatic carbocycles. The van der Waals surface area contributed by atoms with Gasteiger partial charge in [0.05, 0.1) is 0 Å². The van der Waals surface area contributed by atoms with E-state index in [0.717, 1.165) is 23.1 Å². The van der Waals surface area contributed by atoms with Gasteiger partial charge in [-0.1, -0.05) is 0 Å². The molecule has 0 amide bonds. The second kappa shape index (κ2) is 2.66. The Morgan fingerprint density at radius 1 is 1.50 bits per heavy atom. The van der Waals surface area contributed by atoms with Gasteiger partial charge in [0, 0.05) is 12.2 Å². The molecule has 0 aromatic carbocycles. The Hall–Kier alpha value is -0.440. The highest BCUT2D eigenvalue weighted by Crippen LogP contribution is 2.12. The molecule has 0 saturated carbocycles. The number of imidazole rings is 1. The highest BCUT2D eigenvalue weighted by molar-refractivity contribution is 7.80. The fourth-order valence-electron chi connectivity index (χ4n) is 1.12. The van der Waals surface area contributed by atoms with Crippen LogP contribution >= 0.6 is 12.6 Å². The fourth-order valence-corrected chi connectivity index (χ4v) is 1.39. The van der Waals surface area contributed by atoms with Gasteiger partial charge in [0.25, 0.3) is 0 Å². The minimum atomic E-state index is 0.847. The summed E-state index contributed by atoms with van der Waals surface area (Å²) in [5.41, 5.74) is 1.16. The van der Waals surface area contributed by atoms with Crippen molar-refractivity contribution in [2.24, 2.45) is 0 Å². The van der Waals surface area contributed by atoms with Crippen molar-refractivity contribution >= 4 is 12.6 Å². The van der Waals surface area contributed by atoms with Crippen LogP contribution in [-0.2, 0) is 6.54 Å². The number of hydrogen-bond donors (Lipinski definition) is 1. The Morgan fingerprint density at radius 2 is 2.10 bits per heavy atom. The highest BCUT2D eigenvalue weighted by atomic mass is 32.1. The first-order valence-electron chi connectivity index (χ1n) is 3.39. The summed E-state index contributed by atoms with van der Waals surface area (Å²) in [7, 11) is 0. The summed E-state index contributed by atoms with van der Waals surface area (Å²) in [6.45, 7) is 7.11. The summed E-state index contributed by atoms with van der Waals surface area (Å²) >= 11 is 4.21. The van der Waals surface area contributed by atoms with Crippen LogP contribution < -0.4 is 0 Å². The topological polar surface area (TPSA) is 17.8 Å². The molecule has 1 aromatic rings. The molecular weight excluding hydrogens is 144 g/mol. The van der Waals surface area contributed by atoms with Crippen LogP contribution in [0.15, 0.2) is 5.03 Å². The average Bonchev–Trinajstić information content (AvgIpc) is 2.09. The second-order valence-corrected chi connectivity index (χ2v) is 2.74. The summed E-state index contributed by atoms with van der Waals surface area (Å²) in [5, 5.41) is 0.847. The number of nitrogens with zero attached hydrogens (tertiary/aromatic N) is 2. The van der Waals surface area contributed by atoms with Gasteiger partial charge in [-0.3, -0.25) is 0 Å². The van der Waals surface area contributed by atoms with E-state index in [1.54, 1.807) is 0 Å². The lowest BCUT2D eigenvalue weighted by molar-refractivity contribution is 0.707. The first kappa shape index (κ1) is 7.66. The predicted octanol–water partition coefficient (Wildman–Crippen LogP) is 1.81. The van der Waals surface area contributed by atoms with Gasteiger partial charge in [0.1, 0.15) is 10.9 Å². The van der Waals surface area contributed by atoms with Crippen LogP contribution in [0.2, 0.25) is 0 Å². The van der Waals surface area contributed by atoms with E-state index in [2.05, 4.69) is 29.1 Å². The van der Waals surface area contributed by atoms with Crippen molar-refractivity contribution in [3.8, 4) is 0 Å². The largest absolute Gasteiger partial charge is 0.332 e. The Labute approximate surface area is 66.7 Å². The number of thiol groups is 1. The summed E-state index contributed by atoms with van der Waals surface area (Å²) in [6.07, 6.45) is 0. The highest BCUT2D eigenvalue weighted by Gasteiger charge is 2.04. The molecule has 0 N–H and O–H groups in total. The molecule has 56 valence electrons. The van der Waals surface area contributed by atoms with Crippen molar-refractivity contribution in [2.45, 2.75) is 32.3 Å². The van der Waals surface area contributed by atoms with Gasteiger partial charge in [-0.15, -0.1) is 12.6 Å². The summed E-state index contributed by atoms with van der Waals surface area (Å²) in [5.74, 6) is 1.05. The van der Waals surface area contributed by atoms with Crippen LogP contribution in [0.25, 0.3) is 0 Å². The van der Waals surface area contributed by atoms with E-state index in [1.165, 1.54) is 0 Å². The Bertz CT molecular complexity index is 240. The van der Waals surface area contributed by atoms with Gasteiger partial charge in [0.15, 0.2) is 0 Å². The number of aryl methyl sites for hydroxylation is 1. The van der Waals surface area contributed by atoms with Crippen molar-refractivity contribution < 1.29 is 0 Å². The zero-order valence-electron chi connectivity index (χ0n) is 6.55. The molecule has 1 aromatic heterocycles. The zero-order chi connectivity index (χ0) is 7.72. The molecule has 0 fully saturated rings. The van der Waals surface area contributed by atoms with E-state index < -0.39 is 0 Å². The fraction of sp³-hybridized carbons (Fsp3) is 0.571. The van der Waals surface area contributed by atoms with Crippen LogP contribution in [0, 0.1) is 13.8 Å². The third-order valence-electron chi connectivity index (χ3n) is 1.70. The Balaban J connectivity index is 3.20. The van der Waals surface area contributed by atoms with Crippen LogP contribution in [0.4, 0.5) is 0 Å². The van der Waals surface area contributed by atoms with Crippen molar-refractivity contribution in [3.05, 3.63) is 11.5 Å². The summed E-state index contributed by atoms with van der Waals surface area (Å²) in [4.78, 5) is 4.21. The van der Waals surface area contributed by atoms with E-state index in [4.69, 9.17) is 0 Å². The molecule has 0 radical (unpaired) electrons. The average molecular weight is 156 g/mol. The van der Waals surface area contributed by atoms with Crippen molar-refractivity contribution in [2.75, 3.05) is 0 Å². The van der Waals surface area contributed by atoms with E-state index in [0.29, 0.717) is 0 Å². The normalized spacial score (nSPS) is 10.4. The lowest BCUT2D eigenvalue weighted by Gasteiger charge is -2.01. The molecule has 0 saturated heterocycles. The first-order valence-corrected chi connectivity index (χ1v) is 3.84. The monoisotopic (exact) mass is 156 g/mol. The maximum Gasteiger partial charge on any atom is 0.114 e. The lowest BCUT2D eigenvalue weighted by Crippen LogP contribution is -1.98. The van der Waals surface area contributed by atoms with Gasteiger partial charge in [-0.25, -0.2) is 4.98 Å². The standard InChI is InChI=1S/C7H12N2S/c1-4-9-5(2)7(10)8-6(9)3/h10H,4H2,1-3H3. The van der Waals surface area contributed by atoms with Crippen molar-refractivity contribution in [1.29, 1.82) is 0 Å². The van der Waals surface area contributed by atoms with Gasteiger partial charge < -0.3 is 4.57 Å². The van der Waals surface area contributed by atoms with Crippen molar-refractivity contribution in [1.82, 2.24) is 9.55 Å². The smallest absolute Gasteiger partial charge is 0.114 e. The molecule has 10 heavy (non-hydrogen) atoms. The molecule has 0 spiro atoms. The lowest BCUT2D eigenvalue weighted by atomic mass is 10.5. The summed E-state index contributed by atoms with van der Waals surface area (Å²) in [6, 6.07) is 0. The van der Waals surface area contributed by atoms with E-state index >= 15 is 0 Å². The van der Waals surface area contributed by atoms with Crippen LogP contribution in [0.3, 0.4) is 0 Å². The van der Waals surface area contributed by atoms with E-state index in [1.807, 2.05) is 13.8 Å². The first-order chi connectivity index (χ1) is 4.66. The molecule has 0 aliphatic heterocycles. The Kier molecular flexibility index (Phi) is 2.04. The molecule has 2 nitrogen and oxygen atoms in total. The second-order valence-electron chi connectivity index (χ2n) is 2.31. The third kappa shape index (κ3) is 1.06. The predicted molar refractivity (Wildman–Crippen MR) is 44.6 cm³/mol. The maximum absolute atomic E-state index is 4.21. The number of rotatable bonds is 1. The van der Waals surface area contributed by atoms with Gasteiger partial charge in [-0.2, -0.15) is 0 Å². The SMILES string of the molecule is CCn1c(C)nc(S)c1C. The minimum absolute atomic E-state index is 0.847. The molecular formula is C7H12N2S. The third-order valence-corrected chi connectivity index (χ3v) is 2.13. The van der Waals surface area contributed by atoms with Gasteiger partial charge in [-0.05, 0) is 20.8 Å². The number of aromatic nitrogens is 2. The van der Waals surface area contributed by atoms with Gasteiger partial charge in [0.2, 0.25) is 0 Å². The van der Waals surface area contributed by atoms with Crippen LogP contribution in [0.5, 0.6) is 0 Å². The molecule has 1 rings (SSSR count). The van der Waals surface area contributed by atoms with Gasteiger partial charge >= 0.3 is 0 Å². The number of hydrogen-bond acceptors (Lipinski definition) is 2. The molecule has 0 atom stereocenters. The van der Waals surface area contributed by atoms with Crippen molar-refractivity contribution in [3.63, 3.8) is 0 Å². The van der Waals surface area contributed by atoms with Crippen LogP contribution in [0.1, 0.15) is 18.4 Å².